The summed E-state index contributed by atoms with van der Waals surface area (Å²) >= 11 is 0. The summed E-state index contributed by atoms with van der Waals surface area (Å²) in [5, 5.41) is 11.9. The van der Waals surface area contributed by atoms with Gasteiger partial charge in [0.05, 0.1) is 17.5 Å². The summed E-state index contributed by atoms with van der Waals surface area (Å²) in [5.41, 5.74) is 1.46. The zero-order valence-electron chi connectivity index (χ0n) is 12.7. The fourth-order valence-electron chi connectivity index (χ4n) is 3.13. The molecule has 0 amide bonds. The molecule has 1 aliphatic heterocycles. The van der Waals surface area contributed by atoms with Crippen molar-refractivity contribution in [1.82, 2.24) is 0 Å². The third-order valence-electron chi connectivity index (χ3n) is 4.35. The van der Waals surface area contributed by atoms with E-state index in [-0.39, 0.29) is 23.5 Å². The Morgan fingerprint density at radius 3 is 2.62 bits per heavy atom. The third-order valence-corrected chi connectivity index (χ3v) is 4.35. The highest BCUT2D eigenvalue weighted by Gasteiger charge is 2.32. The third kappa shape index (κ3) is 2.24. The molecule has 0 spiro atoms. The maximum atomic E-state index is 12.6. The van der Waals surface area contributed by atoms with Crippen LogP contribution in [0.15, 0.2) is 60.7 Å². The zero-order chi connectivity index (χ0) is 16.7. The fraction of sp³-hybridized carbons (Fsp3) is 0.100. The molecule has 3 aromatic rings. The van der Waals surface area contributed by atoms with Crippen molar-refractivity contribution in [1.29, 1.82) is 0 Å². The van der Waals surface area contributed by atoms with Gasteiger partial charge in [-0.25, -0.2) is 4.79 Å². The van der Waals surface area contributed by atoms with Crippen LogP contribution in [-0.2, 0) is 4.74 Å². The molecule has 0 bridgehead atoms. The average molecular weight is 318 g/mol. The molecular weight excluding hydrogens is 304 g/mol. The van der Waals surface area contributed by atoms with Gasteiger partial charge >= 0.3 is 5.97 Å². The minimum atomic E-state index is -0.605. The molecule has 0 saturated carbocycles. The Hall–Kier alpha value is -3.14. The largest absolute Gasteiger partial charge is 0.507 e. The number of rotatable bonds is 3. The van der Waals surface area contributed by atoms with Crippen LogP contribution >= 0.6 is 0 Å². The van der Waals surface area contributed by atoms with Crippen molar-refractivity contribution in [2.75, 3.05) is 0 Å². The summed E-state index contributed by atoms with van der Waals surface area (Å²) in [4.78, 5) is 24.5. The summed E-state index contributed by atoms with van der Waals surface area (Å²) in [6, 6.07) is 17.8. The molecule has 118 valence electrons. The van der Waals surface area contributed by atoms with E-state index in [0.29, 0.717) is 10.9 Å². The number of fused-ring (bicyclic) bond motifs is 2. The monoisotopic (exact) mass is 318 g/mol. The number of carbonyl (C=O) groups excluding carboxylic acids is 2. The van der Waals surface area contributed by atoms with Crippen molar-refractivity contribution in [3.63, 3.8) is 0 Å². The van der Waals surface area contributed by atoms with Gasteiger partial charge in [0.1, 0.15) is 11.9 Å². The van der Waals surface area contributed by atoms with Gasteiger partial charge in [0, 0.05) is 10.9 Å². The summed E-state index contributed by atoms with van der Waals surface area (Å²) in [6.45, 7) is 0. The molecule has 4 heteroatoms. The highest BCUT2D eigenvalue weighted by Crippen LogP contribution is 2.36. The van der Waals surface area contributed by atoms with E-state index in [1.165, 1.54) is 0 Å². The van der Waals surface area contributed by atoms with E-state index >= 15 is 0 Å². The first kappa shape index (κ1) is 14.5. The average Bonchev–Trinajstić information content (AvgIpc) is 2.92. The van der Waals surface area contributed by atoms with Crippen molar-refractivity contribution >= 4 is 22.5 Å². The Kier molecular flexibility index (Phi) is 3.31. The molecule has 3 aromatic carbocycles. The summed E-state index contributed by atoms with van der Waals surface area (Å²) in [5.74, 6) is -0.699. The van der Waals surface area contributed by atoms with E-state index in [4.69, 9.17) is 4.74 Å². The molecule has 24 heavy (non-hydrogen) atoms. The van der Waals surface area contributed by atoms with Gasteiger partial charge < -0.3 is 9.84 Å². The fourth-order valence-corrected chi connectivity index (χ4v) is 3.13. The standard InChI is InChI=1S/C20H14O4/c21-17(11-18-14-7-3-4-8-15(14)20(23)24-18)16-10-9-12-5-1-2-6-13(12)19(16)22/h1-10,18,22H,11H2. The molecule has 0 radical (unpaired) electrons. The van der Waals surface area contributed by atoms with Crippen molar-refractivity contribution in [3.8, 4) is 5.75 Å². The number of ketones is 1. The van der Waals surface area contributed by atoms with Crippen molar-refractivity contribution < 1.29 is 19.4 Å². The lowest BCUT2D eigenvalue weighted by Gasteiger charge is -2.11. The number of aromatic hydroxyl groups is 1. The number of cyclic esters (lactones) is 1. The number of esters is 1. The predicted molar refractivity (Wildman–Crippen MR) is 89.2 cm³/mol. The number of phenolic OH excluding ortho intramolecular Hbond substituents is 1. The van der Waals surface area contributed by atoms with Crippen LogP contribution < -0.4 is 0 Å². The SMILES string of the molecule is O=C1OC(CC(=O)c2ccc3ccccc3c2O)c2ccccc21. The van der Waals surface area contributed by atoms with Gasteiger partial charge in [0.15, 0.2) is 5.78 Å². The van der Waals surface area contributed by atoms with E-state index in [1.54, 1.807) is 36.4 Å². The van der Waals surface area contributed by atoms with Crippen LogP contribution in [0.3, 0.4) is 0 Å². The maximum Gasteiger partial charge on any atom is 0.339 e. The van der Waals surface area contributed by atoms with Crippen LogP contribution in [0.1, 0.15) is 38.8 Å². The molecule has 4 rings (SSSR count). The second-order valence-corrected chi connectivity index (χ2v) is 5.79. The van der Waals surface area contributed by atoms with Crippen molar-refractivity contribution in [2.24, 2.45) is 0 Å². The summed E-state index contributed by atoms with van der Waals surface area (Å²) < 4.78 is 5.31. The van der Waals surface area contributed by atoms with Gasteiger partial charge in [-0.2, -0.15) is 0 Å². The highest BCUT2D eigenvalue weighted by molar-refractivity contribution is 6.05. The zero-order valence-corrected chi connectivity index (χ0v) is 12.7. The number of Topliss-reactive ketones (excluding diaryl/α,β-unsaturated/α-hetero) is 1. The number of phenols is 1. The van der Waals surface area contributed by atoms with Gasteiger partial charge in [-0.1, -0.05) is 48.5 Å². The molecule has 1 N–H and O–H groups in total. The molecule has 4 nitrogen and oxygen atoms in total. The number of ether oxygens (including phenoxy) is 1. The van der Waals surface area contributed by atoms with E-state index < -0.39 is 12.1 Å². The lowest BCUT2D eigenvalue weighted by atomic mass is 9.96. The minimum Gasteiger partial charge on any atom is -0.507 e. The van der Waals surface area contributed by atoms with E-state index in [9.17, 15) is 14.7 Å². The second kappa shape index (κ2) is 5.49. The molecule has 0 aliphatic carbocycles. The Bertz CT molecular complexity index is 974. The lowest BCUT2D eigenvalue weighted by Crippen LogP contribution is -2.08. The normalized spacial score (nSPS) is 16.0. The van der Waals surface area contributed by atoms with Crippen LogP contribution in [0.2, 0.25) is 0 Å². The number of carbonyl (C=O) groups is 2. The van der Waals surface area contributed by atoms with Crippen LogP contribution in [-0.4, -0.2) is 16.9 Å². The van der Waals surface area contributed by atoms with Crippen molar-refractivity contribution in [2.45, 2.75) is 12.5 Å². The molecule has 1 aliphatic rings. The van der Waals surface area contributed by atoms with Gasteiger partial charge in [-0.3, -0.25) is 4.79 Å². The topological polar surface area (TPSA) is 63.6 Å². The minimum absolute atomic E-state index is 0.00858. The molecule has 1 heterocycles. The Morgan fingerprint density at radius 2 is 1.75 bits per heavy atom. The predicted octanol–water partition coefficient (Wildman–Crippen LogP) is 4.03. The van der Waals surface area contributed by atoms with Crippen LogP contribution in [0, 0.1) is 0 Å². The van der Waals surface area contributed by atoms with Gasteiger partial charge in [0.25, 0.3) is 0 Å². The van der Waals surface area contributed by atoms with Crippen LogP contribution in [0.25, 0.3) is 10.8 Å². The smallest absolute Gasteiger partial charge is 0.339 e. The van der Waals surface area contributed by atoms with Crippen molar-refractivity contribution in [3.05, 3.63) is 77.4 Å². The van der Waals surface area contributed by atoms with Gasteiger partial charge in [-0.05, 0) is 17.5 Å². The quantitative estimate of drug-likeness (QED) is 0.585. The molecule has 1 atom stereocenters. The number of benzene rings is 3. The van der Waals surface area contributed by atoms with Gasteiger partial charge in [-0.15, -0.1) is 0 Å². The first-order valence-corrected chi connectivity index (χ1v) is 7.69. The molecule has 0 saturated heterocycles. The summed E-state index contributed by atoms with van der Waals surface area (Å²) in [6.07, 6.45) is -0.596. The lowest BCUT2D eigenvalue weighted by molar-refractivity contribution is 0.0367. The first-order chi connectivity index (χ1) is 11.6. The molecular formula is C20H14O4. The highest BCUT2D eigenvalue weighted by atomic mass is 16.5. The van der Waals surface area contributed by atoms with E-state index in [0.717, 1.165) is 10.9 Å². The van der Waals surface area contributed by atoms with Crippen LogP contribution in [0.4, 0.5) is 0 Å². The Morgan fingerprint density at radius 1 is 1.00 bits per heavy atom. The second-order valence-electron chi connectivity index (χ2n) is 5.79. The Labute approximate surface area is 138 Å². The first-order valence-electron chi connectivity index (χ1n) is 7.69. The van der Waals surface area contributed by atoms with Gasteiger partial charge in [0.2, 0.25) is 0 Å². The van der Waals surface area contributed by atoms with E-state index in [2.05, 4.69) is 0 Å². The maximum absolute atomic E-state index is 12.6. The Balaban J connectivity index is 1.66. The number of hydrogen-bond donors (Lipinski definition) is 1. The summed E-state index contributed by atoms with van der Waals surface area (Å²) in [7, 11) is 0. The number of hydrogen-bond acceptors (Lipinski definition) is 4. The molecule has 1 unspecified atom stereocenters. The molecule has 0 aromatic heterocycles. The van der Waals surface area contributed by atoms with E-state index in [1.807, 2.05) is 24.3 Å². The molecule has 0 fully saturated rings. The van der Waals surface area contributed by atoms with Crippen LogP contribution in [0.5, 0.6) is 5.75 Å².